The fraction of sp³-hybridized carbons (Fsp3) is 0.588. The first-order valence-corrected chi connectivity index (χ1v) is 9.06. The van der Waals surface area contributed by atoms with Crippen LogP contribution in [0, 0.1) is 0 Å². The van der Waals surface area contributed by atoms with Crippen LogP contribution in [0.4, 0.5) is 13.2 Å². The van der Waals surface area contributed by atoms with Crippen LogP contribution in [-0.2, 0) is 21.4 Å². The number of carbonyl (C=O) groups is 1. The quantitative estimate of drug-likeness (QED) is 0.691. The fourth-order valence-electron chi connectivity index (χ4n) is 1.92. The van der Waals surface area contributed by atoms with E-state index < -0.39 is 24.1 Å². The normalized spacial score (nSPS) is 13.0. The van der Waals surface area contributed by atoms with E-state index in [0.29, 0.717) is 10.6 Å². The van der Waals surface area contributed by atoms with E-state index in [1.165, 1.54) is 0 Å². The van der Waals surface area contributed by atoms with Crippen LogP contribution in [0.25, 0.3) is 0 Å². The molecule has 0 aromatic heterocycles. The number of halogens is 4. The molecule has 0 bridgehead atoms. The zero-order chi connectivity index (χ0) is 19.5. The Bertz CT molecular complexity index is 613. The Hall–Kier alpha value is -1.05. The Kier molecular flexibility index (Phi) is 7.12. The Labute approximate surface area is 154 Å². The number of benzene rings is 1. The molecule has 0 aliphatic heterocycles. The van der Waals surface area contributed by atoms with Gasteiger partial charge < -0.3 is 9.74 Å². The highest BCUT2D eigenvalue weighted by Gasteiger charge is 2.31. The van der Waals surface area contributed by atoms with Gasteiger partial charge in [0.25, 0.3) is 0 Å². The molecule has 0 saturated heterocycles. The lowest BCUT2D eigenvalue weighted by atomic mass is 9.96. The van der Waals surface area contributed by atoms with Crippen molar-refractivity contribution >= 4 is 27.3 Å². The van der Waals surface area contributed by atoms with Crippen LogP contribution < -0.4 is 5.32 Å². The predicted molar refractivity (Wildman–Crippen MR) is 93.6 cm³/mol. The van der Waals surface area contributed by atoms with Gasteiger partial charge in [-0.1, -0.05) is 38.4 Å². The van der Waals surface area contributed by atoms with Gasteiger partial charge in [0.05, 0.1) is 5.60 Å². The summed E-state index contributed by atoms with van der Waals surface area (Å²) in [5.74, 6) is -1.06. The van der Waals surface area contributed by atoms with E-state index in [2.05, 4.69) is 26.1 Å². The molecule has 1 rings (SSSR count). The van der Waals surface area contributed by atoms with Gasteiger partial charge in [0.15, 0.2) is 0 Å². The zero-order valence-corrected chi connectivity index (χ0v) is 16.7. The molecule has 0 spiro atoms. The summed E-state index contributed by atoms with van der Waals surface area (Å²) >= 11 is 6.27. The summed E-state index contributed by atoms with van der Waals surface area (Å²) < 4.78 is 42.6. The first-order valence-electron chi connectivity index (χ1n) is 7.77. The molecule has 0 fully saturated rings. The molecular formula is C17H23ClF3NO2Si. The summed E-state index contributed by atoms with van der Waals surface area (Å²) in [5.41, 5.74) is 0.730. The number of alkyl halides is 3. The highest BCUT2D eigenvalue weighted by molar-refractivity contribution is 6.32. The molecule has 0 heterocycles. The van der Waals surface area contributed by atoms with Crippen LogP contribution in [0.2, 0.25) is 10.1 Å². The molecule has 140 valence electrons. The molecule has 1 N–H and O–H groups in total. The highest BCUT2D eigenvalue weighted by Crippen LogP contribution is 2.34. The summed E-state index contributed by atoms with van der Waals surface area (Å²) in [6.45, 7) is 9.97. The second kappa shape index (κ2) is 8.10. The van der Waals surface area contributed by atoms with Crippen molar-refractivity contribution in [3.05, 3.63) is 34.3 Å². The SMILES string of the molecule is CC(C)(C)[Si]OC(C)(C)c1cc(CNC(=O)CC(F)(F)F)ccc1Cl. The van der Waals surface area contributed by atoms with Crippen molar-refractivity contribution in [2.75, 3.05) is 0 Å². The number of nitrogens with one attached hydrogen (secondary N) is 1. The monoisotopic (exact) mass is 393 g/mol. The van der Waals surface area contributed by atoms with Crippen LogP contribution in [-0.4, -0.2) is 21.8 Å². The lowest BCUT2D eigenvalue weighted by molar-refractivity contribution is -0.153. The van der Waals surface area contributed by atoms with Gasteiger partial charge in [-0.3, -0.25) is 4.79 Å². The molecule has 1 aromatic rings. The van der Waals surface area contributed by atoms with Crippen LogP contribution >= 0.6 is 11.6 Å². The molecule has 0 saturated carbocycles. The maximum atomic E-state index is 12.2. The zero-order valence-electron chi connectivity index (χ0n) is 15.0. The van der Waals surface area contributed by atoms with Gasteiger partial charge in [-0.25, -0.2) is 0 Å². The Morgan fingerprint density at radius 2 is 1.80 bits per heavy atom. The predicted octanol–water partition coefficient (Wildman–Crippen LogP) is 5.00. The largest absolute Gasteiger partial charge is 0.408 e. The molecule has 0 atom stereocenters. The summed E-state index contributed by atoms with van der Waals surface area (Å²) in [5, 5.41) is 2.78. The highest BCUT2D eigenvalue weighted by atomic mass is 35.5. The number of hydrogen-bond acceptors (Lipinski definition) is 2. The van der Waals surface area contributed by atoms with E-state index in [-0.39, 0.29) is 21.3 Å². The minimum absolute atomic E-state index is 0.00326. The topological polar surface area (TPSA) is 38.3 Å². The van der Waals surface area contributed by atoms with Gasteiger partial charge in [0.2, 0.25) is 15.7 Å². The minimum Gasteiger partial charge on any atom is -0.408 e. The van der Waals surface area contributed by atoms with Crippen molar-refractivity contribution in [2.45, 2.75) is 64.4 Å². The summed E-state index contributed by atoms with van der Waals surface area (Å²) in [4.78, 5) is 11.3. The summed E-state index contributed by atoms with van der Waals surface area (Å²) in [6, 6.07) is 5.08. The lowest BCUT2D eigenvalue weighted by Gasteiger charge is -2.30. The molecule has 1 amide bonds. The second-order valence-electron chi connectivity index (χ2n) is 7.35. The van der Waals surface area contributed by atoms with Crippen LogP contribution in [0.1, 0.15) is 52.2 Å². The maximum Gasteiger partial charge on any atom is 0.397 e. The standard InChI is InChI=1S/C17H23ClF3NO2Si/c1-15(2,3)25-24-16(4,5)12-8-11(6-7-13(12)18)10-22-14(23)9-17(19,20)21/h6-8H,9-10H2,1-5H3,(H,22,23). The van der Waals surface area contributed by atoms with E-state index in [1.54, 1.807) is 18.2 Å². The molecule has 8 heteroatoms. The molecule has 0 aliphatic carbocycles. The second-order valence-corrected chi connectivity index (χ2v) is 9.66. The van der Waals surface area contributed by atoms with Crippen molar-refractivity contribution in [3.63, 3.8) is 0 Å². The molecule has 3 nitrogen and oxygen atoms in total. The Balaban J connectivity index is 2.83. The van der Waals surface area contributed by atoms with Gasteiger partial charge in [0, 0.05) is 17.1 Å². The molecule has 0 unspecified atom stereocenters. The van der Waals surface area contributed by atoms with Gasteiger partial charge in [0.1, 0.15) is 6.42 Å². The Morgan fingerprint density at radius 3 is 2.32 bits per heavy atom. The molecule has 0 aliphatic rings. The van der Waals surface area contributed by atoms with Crippen LogP contribution in [0.3, 0.4) is 0 Å². The van der Waals surface area contributed by atoms with E-state index in [4.69, 9.17) is 16.0 Å². The average molecular weight is 394 g/mol. The number of rotatable bonds is 6. The first-order chi connectivity index (χ1) is 11.2. The maximum absolute atomic E-state index is 12.2. The van der Waals surface area contributed by atoms with Crippen molar-refractivity contribution in [1.29, 1.82) is 0 Å². The molecule has 2 radical (unpaired) electrons. The third-order valence-corrected chi connectivity index (χ3v) is 4.70. The lowest BCUT2D eigenvalue weighted by Crippen LogP contribution is -2.29. The smallest absolute Gasteiger partial charge is 0.397 e. The van der Waals surface area contributed by atoms with Gasteiger partial charge in [-0.05, 0) is 36.6 Å². The third-order valence-electron chi connectivity index (χ3n) is 3.14. The van der Waals surface area contributed by atoms with Crippen molar-refractivity contribution in [1.82, 2.24) is 5.32 Å². The van der Waals surface area contributed by atoms with Gasteiger partial charge >= 0.3 is 6.18 Å². The number of hydrogen-bond donors (Lipinski definition) is 1. The van der Waals surface area contributed by atoms with Crippen molar-refractivity contribution < 1.29 is 22.4 Å². The van der Waals surface area contributed by atoms with E-state index in [9.17, 15) is 18.0 Å². The molecule has 1 aromatic carbocycles. The molecular weight excluding hydrogens is 371 g/mol. The number of carbonyl (C=O) groups excluding carboxylic acids is 1. The van der Waals surface area contributed by atoms with Crippen LogP contribution in [0.15, 0.2) is 18.2 Å². The Morgan fingerprint density at radius 1 is 1.20 bits per heavy atom. The third kappa shape index (κ3) is 8.24. The fourth-order valence-corrected chi connectivity index (χ4v) is 2.94. The van der Waals surface area contributed by atoms with E-state index in [1.807, 2.05) is 13.8 Å². The summed E-state index contributed by atoms with van der Waals surface area (Å²) in [6.07, 6.45) is -6.01. The summed E-state index contributed by atoms with van der Waals surface area (Å²) in [7, 11) is 0.249. The van der Waals surface area contributed by atoms with Crippen molar-refractivity contribution in [2.24, 2.45) is 0 Å². The first kappa shape index (κ1) is 22.0. The number of amides is 1. The average Bonchev–Trinajstić information content (AvgIpc) is 2.42. The van der Waals surface area contributed by atoms with E-state index in [0.717, 1.165) is 5.56 Å². The van der Waals surface area contributed by atoms with Crippen LogP contribution in [0.5, 0.6) is 0 Å². The minimum atomic E-state index is -4.51. The van der Waals surface area contributed by atoms with Crippen molar-refractivity contribution in [3.8, 4) is 0 Å². The van der Waals surface area contributed by atoms with E-state index >= 15 is 0 Å². The van der Waals surface area contributed by atoms with Gasteiger partial charge in [-0.2, -0.15) is 13.2 Å². The van der Waals surface area contributed by atoms with Gasteiger partial charge in [-0.15, -0.1) is 0 Å². The molecule has 25 heavy (non-hydrogen) atoms.